The summed E-state index contributed by atoms with van der Waals surface area (Å²) in [5, 5.41) is 0. The first kappa shape index (κ1) is 3.69. The van der Waals surface area contributed by atoms with E-state index in [1.807, 2.05) is 0 Å². The smallest absolute Gasteiger partial charge is 0.171 e. The lowest BCUT2D eigenvalue weighted by atomic mass is 10.9. The van der Waals surface area contributed by atoms with E-state index in [9.17, 15) is 0 Å². The number of aliphatic imine (C=N–C) groups is 2. The van der Waals surface area contributed by atoms with Crippen LogP contribution in [0.2, 0.25) is 0 Å². The van der Waals surface area contributed by atoms with E-state index in [1.54, 1.807) is 12.4 Å². The lowest BCUT2D eigenvalue weighted by molar-refractivity contribution is 1.69. The molecule has 0 aromatic heterocycles. The van der Waals surface area contributed by atoms with Gasteiger partial charge in [-0.3, -0.25) is 0 Å². The Morgan fingerprint density at radius 3 is 2.00 bits per heavy atom. The van der Waals surface area contributed by atoms with E-state index < -0.39 is 0 Å². The first-order valence-corrected chi connectivity index (χ1v) is 2.05. The Hall–Kier alpha value is -0.490. The summed E-state index contributed by atoms with van der Waals surface area (Å²) in [5.41, 5.74) is 0.648. The second kappa shape index (κ2) is 1.31. The first-order valence-electron chi connectivity index (χ1n) is 1.55. The van der Waals surface area contributed by atoms with Gasteiger partial charge in [-0.15, -0.1) is 0 Å². The summed E-state index contributed by atoms with van der Waals surface area (Å²) in [7, 11) is 3.10. The van der Waals surface area contributed by atoms with Gasteiger partial charge in [0.15, 0.2) is 5.54 Å². The Balaban J connectivity index is 2.86. The van der Waals surface area contributed by atoms with Gasteiger partial charge in [-0.2, -0.15) is 0 Å². The molecule has 3 heteroatoms. The minimum Gasteiger partial charge on any atom is -0.232 e. The molecule has 0 amide bonds. The molecule has 0 saturated heterocycles. The maximum Gasteiger partial charge on any atom is 0.171 e. The molecule has 0 atom stereocenters. The summed E-state index contributed by atoms with van der Waals surface area (Å²) < 4.78 is 0. The zero-order valence-electron chi connectivity index (χ0n) is 3.05. The van der Waals surface area contributed by atoms with E-state index in [2.05, 4.69) is 18.8 Å². The molecule has 0 unspecified atom stereocenters. The van der Waals surface area contributed by atoms with Gasteiger partial charge in [-0.05, 0) is 0 Å². The van der Waals surface area contributed by atoms with Crippen LogP contribution in [0.25, 0.3) is 0 Å². The molecule has 0 spiro atoms. The molecule has 0 aliphatic carbocycles. The van der Waals surface area contributed by atoms with Crippen molar-refractivity contribution in [1.82, 2.24) is 0 Å². The molecule has 6 heavy (non-hydrogen) atoms. The highest BCUT2D eigenvalue weighted by molar-refractivity contribution is 7.21. The maximum absolute atomic E-state index is 3.72. The normalized spacial score (nSPS) is 17.0. The van der Waals surface area contributed by atoms with E-state index in [4.69, 9.17) is 0 Å². The Morgan fingerprint density at radius 2 is 1.83 bits per heavy atom. The molecule has 2 nitrogen and oxygen atoms in total. The fraction of sp³-hybridized carbons (Fsp3) is 0. The highest BCUT2D eigenvalue weighted by Gasteiger charge is 1.84. The molecule has 1 heterocycles. The van der Waals surface area contributed by atoms with Crippen molar-refractivity contribution in [3.63, 3.8) is 0 Å². The standard InChI is InChI=1S/C3H3N2P/c6-3-4-1-2-5-3/h1-2,6H. The SMILES string of the molecule is P=C1N=CC=N1. The van der Waals surface area contributed by atoms with E-state index in [0.29, 0.717) is 5.54 Å². The third-order valence-corrected chi connectivity index (χ3v) is 0.719. The third-order valence-electron chi connectivity index (χ3n) is 0.460. The van der Waals surface area contributed by atoms with Crippen molar-refractivity contribution in [2.24, 2.45) is 9.98 Å². The molecular weight excluding hydrogens is 95.0 g/mol. The van der Waals surface area contributed by atoms with E-state index in [-0.39, 0.29) is 0 Å². The number of nitrogens with zero attached hydrogens (tertiary/aromatic N) is 2. The average Bonchev–Trinajstić information content (AvgIpc) is 1.86. The maximum atomic E-state index is 3.72. The van der Waals surface area contributed by atoms with Crippen LogP contribution in [-0.2, 0) is 0 Å². The Labute approximate surface area is 37.8 Å². The molecule has 0 saturated carbocycles. The second-order valence-electron chi connectivity index (χ2n) is 0.880. The van der Waals surface area contributed by atoms with Gasteiger partial charge in [-0.25, -0.2) is 9.98 Å². The summed E-state index contributed by atoms with van der Waals surface area (Å²) in [6.07, 6.45) is 3.25. The third kappa shape index (κ3) is 0.522. The van der Waals surface area contributed by atoms with Gasteiger partial charge in [0, 0.05) is 12.4 Å². The lowest BCUT2D eigenvalue weighted by Crippen LogP contribution is -1.68. The molecule has 1 rings (SSSR count). The van der Waals surface area contributed by atoms with Crippen LogP contribution >= 0.6 is 8.86 Å². The van der Waals surface area contributed by atoms with Gasteiger partial charge in [0.2, 0.25) is 0 Å². The number of rotatable bonds is 0. The Kier molecular flexibility index (Phi) is 0.807. The topological polar surface area (TPSA) is 24.7 Å². The van der Waals surface area contributed by atoms with Crippen LogP contribution in [0.3, 0.4) is 0 Å². The Bertz CT molecular complexity index is 111. The summed E-state index contributed by atoms with van der Waals surface area (Å²) >= 11 is 0. The number of hydrogen-bond donors (Lipinski definition) is 0. The molecule has 30 valence electrons. The molecule has 1 aliphatic heterocycles. The minimum atomic E-state index is 0.648. The summed E-state index contributed by atoms with van der Waals surface area (Å²) in [5.74, 6) is 0. The van der Waals surface area contributed by atoms with Crippen LogP contribution in [0.4, 0.5) is 0 Å². The van der Waals surface area contributed by atoms with Crippen LogP contribution < -0.4 is 0 Å². The van der Waals surface area contributed by atoms with Gasteiger partial charge in [0.05, 0.1) is 0 Å². The lowest BCUT2D eigenvalue weighted by Gasteiger charge is -1.70. The quantitative estimate of drug-likeness (QED) is 0.391. The first-order chi connectivity index (χ1) is 2.89. The zero-order chi connectivity index (χ0) is 4.41. The van der Waals surface area contributed by atoms with Gasteiger partial charge >= 0.3 is 0 Å². The molecule has 0 fully saturated rings. The molecule has 0 aromatic carbocycles. The predicted molar refractivity (Wildman–Crippen MR) is 30.3 cm³/mol. The van der Waals surface area contributed by atoms with Crippen LogP contribution in [0.15, 0.2) is 9.98 Å². The van der Waals surface area contributed by atoms with Crippen LogP contribution in [-0.4, -0.2) is 18.0 Å². The highest BCUT2D eigenvalue weighted by Crippen LogP contribution is 1.86. The largest absolute Gasteiger partial charge is 0.232 e. The average molecular weight is 98.0 g/mol. The van der Waals surface area contributed by atoms with Crippen molar-refractivity contribution in [3.8, 4) is 0 Å². The van der Waals surface area contributed by atoms with E-state index in [0.717, 1.165) is 0 Å². The van der Waals surface area contributed by atoms with Crippen LogP contribution in [0.5, 0.6) is 0 Å². The van der Waals surface area contributed by atoms with Crippen molar-refractivity contribution in [2.45, 2.75) is 0 Å². The van der Waals surface area contributed by atoms with Gasteiger partial charge < -0.3 is 0 Å². The fourth-order valence-electron chi connectivity index (χ4n) is 0.241. The van der Waals surface area contributed by atoms with Crippen molar-refractivity contribution >= 4 is 26.8 Å². The van der Waals surface area contributed by atoms with Gasteiger partial charge in [0.25, 0.3) is 0 Å². The molecule has 1 aliphatic rings. The van der Waals surface area contributed by atoms with E-state index in [1.165, 1.54) is 0 Å². The zero-order valence-corrected chi connectivity index (χ0v) is 4.05. The summed E-state index contributed by atoms with van der Waals surface area (Å²) in [4.78, 5) is 7.44. The van der Waals surface area contributed by atoms with Gasteiger partial charge in [-0.1, -0.05) is 8.86 Å². The molecule has 0 bridgehead atoms. The van der Waals surface area contributed by atoms with Gasteiger partial charge in [0.1, 0.15) is 0 Å². The molecule has 0 radical (unpaired) electrons. The predicted octanol–water partition coefficient (Wildman–Crippen LogP) is 0.372. The van der Waals surface area contributed by atoms with Crippen molar-refractivity contribution < 1.29 is 0 Å². The van der Waals surface area contributed by atoms with Crippen LogP contribution in [0, 0.1) is 0 Å². The molecule has 0 N–H and O–H groups in total. The van der Waals surface area contributed by atoms with Crippen LogP contribution in [0.1, 0.15) is 0 Å². The molecule has 0 aromatic rings. The minimum absolute atomic E-state index is 0.648. The number of hydrogen-bond acceptors (Lipinski definition) is 0. The van der Waals surface area contributed by atoms with Crippen molar-refractivity contribution in [1.29, 1.82) is 0 Å². The van der Waals surface area contributed by atoms with Crippen molar-refractivity contribution in [3.05, 3.63) is 0 Å². The second-order valence-corrected chi connectivity index (χ2v) is 1.33. The highest BCUT2D eigenvalue weighted by atomic mass is 31.0. The summed E-state index contributed by atoms with van der Waals surface area (Å²) in [6, 6.07) is 0. The summed E-state index contributed by atoms with van der Waals surface area (Å²) in [6.45, 7) is 0. The van der Waals surface area contributed by atoms with Crippen molar-refractivity contribution in [2.75, 3.05) is 0 Å². The molecular formula is C3H3N2P. The van der Waals surface area contributed by atoms with E-state index >= 15 is 0 Å². The monoisotopic (exact) mass is 98.0 g/mol. The fourth-order valence-corrected chi connectivity index (χ4v) is 0.390. The Morgan fingerprint density at radius 1 is 1.33 bits per heavy atom.